The van der Waals surface area contributed by atoms with E-state index in [1.807, 2.05) is 0 Å². The van der Waals surface area contributed by atoms with E-state index in [9.17, 15) is 65.9 Å². The third-order valence-corrected chi connectivity index (χ3v) is 5.10. The van der Waals surface area contributed by atoms with Crippen LogP contribution in [0.4, 0.5) is 65.9 Å². The van der Waals surface area contributed by atoms with E-state index in [1.165, 1.54) is 0 Å². The summed E-state index contributed by atoms with van der Waals surface area (Å²) in [6.07, 6.45) is -12.9. The molecule has 0 aromatic heterocycles. The van der Waals surface area contributed by atoms with Crippen LogP contribution in [0, 0.1) is 5.92 Å². The summed E-state index contributed by atoms with van der Waals surface area (Å²) < 4.78 is 195. The standard InChI is InChI=1S/C8H9F7O.C7H7F7O.CH3F/c1-3-5(9)6(10,11)4(2)7(12,13)8(14,15)16-5;1-2-5(10)4(9,3-8)6(11,12)7(13,14)15-5;1-2/h4H,3H2,1-2H3;2-3H2,1H3;1H3. The molecule has 2 rings (SSSR count). The Kier molecular flexibility index (Phi) is 8.83. The van der Waals surface area contributed by atoms with Crippen molar-refractivity contribution in [1.82, 2.24) is 0 Å². The predicted molar refractivity (Wildman–Crippen MR) is 81.2 cm³/mol. The van der Waals surface area contributed by atoms with Crippen molar-refractivity contribution in [1.29, 1.82) is 0 Å². The van der Waals surface area contributed by atoms with E-state index in [4.69, 9.17) is 0 Å². The van der Waals surface area contributed by atoms with Gasteiger partial charge in [-0.25, -0.2) is 17.6 Å². The van der Waals surface area contributed by atoms with Crippen molar-refractivity contribution in [3.8, 4) is 0 Å². The fourth-order valence-corrected chi connectivity index (χ4v) is 2.80. The number of rotatable bonds is 3. The maximum atomic E-state index is 13.4. The highest BCUT2D eigenvalue weighted by atomic mass is 19.3. The number of hydrogen-bond acceptors (Lipinski definition) is 2. The summed E-state index contributed by atoms with van der Waals surface area (Å²) in [5, 5.41) is 0. The highest BCUT2D eigenvalue weighted by Gasteiger charge is 2.87. The summed E-state index contributed by atoms with van der Waals surface area (Å²) in [6, 6.07) is 0. The van der Waals surface area contributed by atoms with Gasteiger partial charge in [0.05, 0.1) is 13.1 Å². The number of alkyl halides is 15. The fraction of sp³-hybridized carbons (Fsp3) is 1.00. The number of hydrogen-bond donors (Lipinski definition) is 0. The van der Waals surface area contributed by atoms with Crippen molar-refractivity contribution in [3.05, 3.63) is 0 Å². The van der Waals surface area contributed by atoms with Crippen LogP contribution in [0.1, 0.15) is 33.6 Å². The van der Waals surface area contributed by atoms with Crippen LogP contribution < -0.4 is 0 Å². The molecule has 17 heteroatoms. The Bertz CT molecular complexity index is 670. The van der Waals surface area contributed by atoms with Crippen LogP contribution in [-0.4, -0.2) is 61.2 Å². The minimum atomic E-state index is -5.54. The molecular formula is C16H19F15O2. The van der Waals surface area contributed by atoms with E-state index >= 15 is 0 Å². The first-order valence-electron chi connectivity index (χ1n) is 8.80. The molecule has 2 aliphatic heterocycles. The average Bonchev–Trinajstić information content (AvgIpc) is 2.82. The molecule has 0 bridgehead atoms. The molecule has 0 radical (unpaired) electrons. The minimum absolute atomic E-state index is 0.167. The Morgan fingerprint density at radius 2 is 0.970 bits per heavy atom. The molecular weight excluding hydrogens is 509 g/mol. The Morgan fingerprint density at radius 1 is 0.606 bits per heavy atom. The first kappa shape index (κ1) is 31.9. The molecule has 4 atom stereocenters. The monoisotopic (exact) mass is 528 g/mol. The summed E-state index contributed by atoms with van der Waals surface area (Å²) in [4.78, 5) is 0. The molecule has 0 aromatic carbocycles. The normalized spacial score (nSPS) is 39.5. The molecule has 4 unspecified atom stereocenters. The van der Waals surface area contributed by atoms with Gasteiger partial charge in [-0.15, -0.1) is 0 Å². The zero-order chi connectivity index (χ0) is 27.1. The molecule has 0 aliphatic carbocycles. The van der Waals surface area contributed by atoms with Crippen LogP contribution in [-0.2, 0) is 9.47 Å². The molecule has 33 heavy (non-hydrogen) atoms. The molecule has 2 saturated heterocycles. The van der Waals surface area contributed by atoms with E-state index in [2.05, 4.69) is 9.47 Å². The third kappa shape index (κ3) is 4.35. The van der Waals surface area contributed by atoms with Crippen molar-refractivity contribution in [3.63, 3.8) is 0 Å². The van der Waals surface area contributed by atoms with Crippen LogP contribution in [0.15, 0.2) is 0 Å². The third-order valence-electron chi connectivity index (χ3n) is 5.10. The second-order valence-electron chi connectivity index (χ2n) is 6.88. The van der Waals surface area contributed by atoms with Crippen molar-refractivity contribution in [2.24, 2.45) is 5.92 Å². The Hall–Kier alpha value is -1.13. The molecule has 2 heterocycles. The van der Waals surface area contributed by atoms with Crippen molar-refractivity contribution >= 4 is 0 Å². The maximum Gasteiger partial charge on any atom is 0.425 e. The average molecular weight is 528 g/mol. The van der Waals surface area contributed by atoms with E-state index in [1.54, 1.807) is 0 Å². The summed E-state index contributed by atoms with van der Waals surface area (Å²) in [6.45, 7) is -0.831. The Morgan fingerprint density at radius 3 is 1.27 bits per heavy atom. The summed E-state index contributed by atoms with van der Waals surface area (Å²) in [5.41, 5.74) is -4.67. The quantitative estimate of drug-likeness (QED) is 0.362. The number of halogens is 15. The fourth-order valence-electron chi connectivity index (χ4n) is 2.80. The van der Waals surface area contributed by atoms with Crippen LogP contribution in [0.3, 0.4) is 0 Å². The summed E-state index contributed by atoms with van der Waals surface area (Å²) in [5.74, 6) is -26.6. The van der Waals surface area contributed by atoms with Crippen molar-refractivity contribution < 1.29 is 75.3 Å². The van der Waals surface area contributed by atoms with E-state index < -0.39 is 72.8 Å². The summed E-state index contributed by atoms with van der Waals surface area (Å²) >= 11 is 0. The van der Waals surface area contributed by atoms with Gasteiger partial charge in [0.2, 0.25) is 0 Å². The molecule has 2 nitrogen and oxygen atoms in total. The topological polar surface area (TPSA) is 18.5 Å². The first-order valence-corrected chi connectivity index (χ1v) is 8.80. The lowest BCUT2D eigenvalue weighted by molar-refractivity contribution is -0.494. The molecule has 0 saturated carbocycles. The van der Waals surface area contributed by atoms with Gasteiger partial charge in [0, 0.05) is 12.8 Å². The SMILES string of the molecule is CCC1(F)OC(F)(F)C(F)(F)C(C)C1(F)F.CCC1(F)OC(F)(F)C(F)(F)C1(F)CF.CF. The second kappa shape index (κ2) is 9.15. The molecule has 2 aliphatic rings. The maximum absolute atomic E-state index is 13.4. The predicted octanol–water partition coefficient (Wildman–Crippen LogP) is 7.18. The minimum Gasteiger partial charge on any atom is -0.274 e. The lowest BCUT2D eigenvalue weighted by Gasteiger charge is -2.47. The van der Waals surface area contributed by atoms with Gasteiger partial charge in [0.15, 0.2) is 0 Å². The lowest BCUT2D eigenvalue weighted by Crippen LogP contribution is -2.68. The van der Waals surface area contributed by atoms with Crippen LogP contribution in [0.5, 0.6) is 0 Å². The van der Waals surface area contributed by atoms with Gasteiger partial charge in [-0.1, -0.05) is 20.8 Å². The first-order chi connectivity index (χ1) is 14.5. The highest BCUT2D eigenvalue weighted by Crippen LogP contribution is 2.61. The van der Waals surface area contributed by atoms with Gasteiger partial charge in [0.25, 0.3) is 17.4 Å². The van der Waals surface area contributed by atoms with Gasteiger partial charge in [-0.05, 0) is 0 Å². The number of ether oxygens (including phenoxy) is 2. The van der Waals surface area contributed by atoms with E-state index in [-0.39, 0.29) is 6.92 Å². The van der Waals surface area contributed by atoms with Crippen LogP contribution in [0.2, 0.25) is 0 Å². The van der Waals surface area contributed by atoms with E-state index in [0.717, 1.165) is 13.8 Å². The van der Waals surface area contributed by atoms with Gasteiger partial charge in [0.1, 0.15) is 6.67 Å². The van der Waals surface area contributed by atoms with Gasteiger partial charge in [-0.2, -0.15) is 43.9 Å². The molecule has 0 spiro atoms. The zero-order valence-corrected chi connectivity index (χ0v) is 17.2. The van der Waals surface area contributed by atoms with Crippen LogP contribution in [0.25, 0.3) is 0 Å². The van der Waals surface area contributed by atoms with Crippen LogP contribution >= 0.6 is 0 Å². The summed E-state index contributed by atoms with van der Waals surface area (Å²) in [7, 11) is 0.500. The lowest BCUT2D eigenvalue weighted by atomic mass is 9.86. The van der Waals surface area contributed by atoms with Gasteiger partial charge < -0.3 is 0 Å². The van der Waals surface area contributed by atoms with Gasteiger partial charge in [-0.3, -0.25) is 13.9 Å². The molecule has 200 valence electrons. The Balaban J connectivity index is 0.000000578. The largest absolute Gasteiger partial charge is 0.425 e. The molecule has 0 N–H and O–H groups in total. The Labute approximate surface area is 177 Å². The van der Waals surface area contributed by atoms with Crippen molar-refractivity contribution in [2.45, 2.75) is 81.0 Å². The molecule has 0 aromatic rings. The van der Waals surface area contributed by atoms with Gasteiger partial charge >= 0.3 is 30.0 Å². The van der Waals surface area contributed by atoms with Crippen molar-refractivity contribution in [2.75, 3.05) is 13.9 Å². The second-order valence-corrected chi connectivity index (χ2v) is 6.88. The van der Waals surface area contributed by atoms with E-state index in [0.29, 0.717) is 7.18 Å². The molecule has 2 fully saturated rings. The smallest absolute Gasteiger partial charge is 0.274 e. The highest BCUT2D eigenvalue weighted by molar-refractivity contribution is 5.13. The molecule has 0 amide bonds. The zero-order valence-electron chi connectivity index (χ0n) is 17.2.